The van der Waals surface area contributed by atoms with Gasteiger partial charge in [-0.15, -0.1) is 0 Å². The van der Waals surface area contributed by atoms with Crippen molar-refractivity contribution in [1.29, 1.82) is 0 Å². The highest BCUT2D eigenvalue weighted by Crippen LogP contribution is 2.04. The van der Waals surface area contributed by atoms with Gasteiger partial charge in [-0.05, 0) is 18.8 Å². The summed E-state index contributed by atoms with van der Waals surface area (Å²) in [6.45, 7) is 5.16. The van der Waals surface area contributed by atoms with E-state index >= 15 is 0 Å². The standard InChI is InChI=1S/C8H19NO/c1-7(2)6-8(9)4-5-10-3/h7-8H,4-6,9H2,1-3H3/t8-/m0/s1. The fourth-order valence-corrected chi connectivity index (χ4v) is 0.993. The van der Waals surface area contributed by atoms with Crippen molar-refractivity contribution in [1.82, 2.24) is 0 Å². The molecule has 10 heavy (non-hydrogen) atoms. The second kappa shape index (κ2) is 5.69. The Morgan fingerprint density at radius 2 is 2.00 bits per heavy atom. The first-order chi connectivity index (χ1) is 4.66. The summed E-state index contributed by atoms with van der Waals surface area (Å²) in [7, 11) is 1.71. The monoisotopic (exact) mass is 145 g/mol. The zero-order valence-electron chi connectivity index (χ0n) is 7.26. The van der Waals surface area contributed by atoms with Crippen LogP contribution >= 0.6 is 0 Å². The summed E-state index contributed by atoms with van der Waals surface area (Å²) in [4.78, 5) is 0. The lowest BCUT2D eigenvalue weighted by Gasteiger charge is -2.12. The average Bonchev–Trinajstić information content (AvgIpc) is 1.82. The normalized spacial score (nSPS) is 14.1. The van der Waals surface area contributed by atoms with Gasteiger partial charge in [0.25, 0.3) is 0 Å². The van der Waals surface area contributed by atoms with E-state index in [9.17, 15) is 0 Å². The topological polar surface area (TPSA) is 35.2 Å². The molecule has 0 aromatic heterocycles. The highest BCUT2D eigenvalue weighted by atomic mass is 16.5. The van der Waals surface area contributed by atoms with Gasteiger partial charge in [-0.25, -0.2) is 0 Å². The van der Waals surface area contributed by atoms with Crippen LogP contribution in [0.1, 0.15) is 26.7 Å². The lowest BCUT2D eigenvalue weighted by molar-refractivity contribution is 0.185. The molecule has 0 aliphatic carbocycles. The zero-order valence-corrected chi connectivity index (χ0v) is 7.26. The third kappa shape index (κ3) is 6.05. The van der Waals surface area contributed by atoms with E-state index in [-0.39, 0.29) is 0 Å². The van der Waals surface area contributed by atoms with Crippen molar-refractivity contribution >= 4 is 0 Å². The maximum absolute atomic E-state index is 5.78. The maximum Gasteiger partial charge on any atom is 0.0477 e. The van der Waals surface area contributed by atoms with E-state index in [2.05, 4.69) is 13.8 Å². The molecule has 0 aliphatic heterocycles. The van der Waals surface area contributed by atoms with Gasteiger partial charge in [-0.3, -0.25) is 0 Å². The highest BCUT2D eigenvalue weighted by Gasteiger charge is 2.03. The molecule has 0 amide bonds. The quantitative estimate of drug-likeness (QED) is 0.634. The van der Waals surface area contributed by atoms with E-state index in [1.54, 1.807) is 7.11 Å². The van der Waals surface area contributed by atoms with Gasteiger partial charge in [0, 0.05) is 19.8 Å². The largest absolute Gasteiger partial charge is 0.385 e. The minimum Gasteiger partial charge on any atom is -0.385 e. The Hall–Kier alpha value is -0.0800. The summed E-state index contributed by atoms with van der Waals surface area (Å²) >= 11 is 0. The van der Waals surface area contributed by atoms with Gasteiger partial charge in [0.05, 0.1) is 0 Å². The van der Waals surface area contributed by atoms with Crippen molar-refractivity contribution in [2.24, 2.45) is 11.7 Å². The molecule has 2 nitrogen and oxygen atoms in total. The van der Waals surface area contributed by atoms with Crippen LogP contribution in [0.4, 0.5) is 0 Å². The minimum atomic E-state index is 0.319. The van der Waals surface area contributed by atoms with Gasteiger partial charge >= 0.3 is 0 Å². The number of rotatable bonds is 5. The Balaban J connectivity index is 3.16. The van der Waals surface area contributed by atoms with Crippen molar-refractivity contribution in [3.05, 3.63) is 0 Å². The molecular weight excluding hydrogens is 126 g/mol. The first kappa shape index (κ1) is 9.92. The molecule has 0 aromatic carbocycles. The van der Waals surface area contributed by atoms with Crippen LogP contribution in [0.3, 0.4) is 0 Å². The summed E-state index contributed by atoms with van der Waals surface area (Å²) in [5, 5.41) is 0. The summed E-state index contributed by atoms with van der Waals surface area (Å²) in [5.74, 6) is 0.701. The van der Waals surface area contributed by atoms with Crippen LogP contribution in [-0.4, -0.2) is 19.8 Å². The number of methoxy groups -OCH3 is 1. The molecule has 2 heteroatoms. The molecule has 0 radical (unpaired) electrons. The van der Waals surface area contributed by atoms with Crippen molar-refractivity contribution in [3.63, 3.8) is 0 Å². The van der Waals surface area contributed by atoms with Crippen molar-refractivity contribution in [2.75, 3.05) is 13.7 Å². The fourth-order valence-electron chi connectivity index (χ4n) is 0.993. The smallest absolute Gasteiger partial charge is 0.0477 e. The molecule has 0 saturated carbocycles. The van der Waals surface area contributed by atoms with Crippen LogP contribution < -0.4 is 5.73 Å². The van der Waals surface area contributed by atoms with Crippen molar-refractivity contribution < 1.29 is 4.74 Å². The predicted octanol–water partition coefficient (Wildman–Crippen LogP) is 1.40. The Morgan fingerprint density at radius 1 is 1.40 bits per heavy atom. The molecule has 1 atom stereocenters. The van der Waals surface area contributed by atoms with E-state index in [4.69, 9.17) is 10.5 Å². The van der Waals surface area contributed by atoms with Crippen LogP contribution in [0.15, 0.2) is 0 Å². The third-order valence-electron chi connectivity index (χ3n) is 1.47. The number of hydrogen-bond donors (Lipinski definition) is 1. The molecule has 0 bridgehead atoms. The minimum absolute atomic E-state index is 0.319. The van der Waals surface area contributed by atoms with E-state index in [1.165, 1.54) is 0 Å². The van der Waals surface area contributed by atoms with Gasteiger partial charge in [0.15, 0.2) is 0 Å². The van der Waals surface area contributed by atoms with Crippen LogP contribution in [0, 0.1) is 5.92 Å². The maximum atomic E-state index is 5.78. The average molecular weight is 145 g/mol. The summed E-state index contributed by atoms with van der Waals surface area (Å²) in [6.07, 6.45) is 2.08. The van der Waals surface area contributed by atoms with Gasteiger partial charge in [-0.1, -0.05) is 13.8 Å². The SMILES string of the molecule is COCC[C@H](N)CC(C)C. The number of hydrogen-bond acceptors (Lipinski definition) is 2. The van der Waals surface area contributed by atoms with Crippen LogP contribution in [0.2, 0.25) is 0 Å². The Labute approximate surface area is 63.7 Å². The second-order valence-corrected chi connectivity index (χ2v) is 3.17. The molecule has 0 spiro atoms. The summed E-state index contributed by atoms with van der Waals surface area (Å²) in [5.41, 5.74) is 5.78. The van der Waals surface area contributed by atoms with Crippen molar-refractivity contribution in [3.8, 4) is 0 Å². The lowest BCUT2D eigenvalue weighted by Crippen LogP contribution is -2.23. The third-order valence-corrected chi connectivity index (χ3v) is 1.47. The van der Waals surface area contributed by atoms with Crippen LogP contribution in [0.25, 0.3) is 0 Å². The Bertz CT molecular complexity index is 73.7. The molecule has 0 rings (SSSR count). The number of ether oxygens (including phenoxy) is 1. The molecule has 2 N–H and O–H groups in total. The fraction of sp³-hybridized carbons (Fsp3) is 1.00. The predicted molar refractivity (Wildman–Crippen MR) is 43.9 cm³/mol. The molecule has 0 aromatic rings. The first-order valence-electron chi connectivity index (χ1n) is 3.91. The Kier molecular flexibility index (Phi) is 5.64. The molecule has 0 heterocycles. The van der Waals surface area contributed by atoms with E-state index in [0.717, 1.165) is 19.4 Å². The van der Waals surface area contributed by atoms with E-state index in [0.29, 0.717) is 12.0 Å². The molecular formula is C8H19NO. The second-order valence-electron chi connectivity index (χ2n) is 3.17. The van der Waals surface area contributed by atoms with Gasteiger partial charge in [0.1, 0.15) is 0 Å². The van der Waals surface area contributed by atoms with Crippen LogP contribution in [0.5, 0.6) is 0 Å². The molecule has 0 fully saturated rings. The van der Waals surface area contributed by atoms with E-state index < -0.39 is 0 Å². The Morgan fingerprint density at radius 3 is 2.40 bits per heavy atom. The van der Waals surface area contributed by atoms with Gasteiger partial charge < -0.3 is 10.5 Å². The number of nitrogens with two attached hydrogens (primary N) is 1. The van der Waals surface area contributed by atoms with E-state index in [1.807, 2.05) is 0 Å². The first-order valence-corrected chi connectivity index (χ1v) is 3.91. The molecule has 62 valence electrons. The zero-order chi connectivity index (χ0) is 7.98. The van der Waals surface area contributed by atoms with Crippen molar-refractivity contribution in [2.45, 2.75) is 32.7 Å². The summed E-state index contributed by atoms with van der Waals surface area (Å²) < 4.78 is 4.91. The summed E-state index contributed by atoms with van der Waals surface area (Å²) in [6, 6.07) is 0.319. The highest BCUT2D eigenvalue weighted by molar-refractivity contribution is 4.62. The lowest BCUT2D eigenvalue weighted by atomic mass is 10.0. The molecule has 0 saturated heterocycles. The molecule has 0 aliphatic rings. The van der Waals surface area contributed by atoms with Gasteiger partial charge in [-0.2, -0.15) is 0 Å². The van der Waals surface area contributed by atoms with Gasteiger partial charge in [0.2, 0.25) is 0 Å². The molecule has 0 unspecified atom stereocenters. The van der Waals surface area contributed by atoms with Crippen LogP contribution in [-0.2, 0) is 4.74 Å².